The molecule has 1 fully saturated rings. The van der Waals surface area contributed by atoms with Gasteiger partial charge in [0, 0.05) is 43.8 Å². The first-order valence-electron chi connectivity index (χ1n) is 7.12. The summed E-state index contributed by atoms with van der Waals surface area (Å²) in [6.07, 6.45) is 4.83. The summed E-state index contributed by atoms with van der Waals surface area (Å²) in [5.41, 5.74) is 3.90. The first-order valence-corrected chi connectivity index (χ1v) is 8.06. The number of nitrogens with zero attached hydrogens (tertiary/aromatic N) is 3. The lowest BCUT2D eigenvalue weighted by Crippen LogP contribution is -2.48. The second-order valence-corrected chi connectivity index (χ2v) is 5.79. The van der Waals surface area contributed by atoms with Gasteiger partial charge in [0.25, 0.3) is 0 Å². The molecular formula is C15H18N4OS. The number of aromatic nitrogens is 2. The average molecular weight is 302 g/mol. The molecule has 0 aliphatic carbocycles. The highest BCUT2D eigenvalue weighted by molar-refractivity contribution is 7.07. The number of pyridine rings is 1. The molecule has 110 valence electrons. The molecule has 1 aliphatic heterocycles. The van der Waals surface area contributed by atoms with Crippen LogP contribution >= 0.6 is 11.3 Å². The van der Waals surface area contributed by atoms with E-state index >= 15 is 0 Å². The number of piperazine rings is 1. The molecule has 6 heteroatoms. The van der Waals surface area contributed by atoms with Crippen molar-refractivity contribution in [3.05, 3.63) is 46.7 Å². The maximum absolute atomic E-state index is 12.5. The van der Waals surface area contributed by atoms with Crippen LogP contribution in [0.3, 0.4) is 0 Å². The van der Waals surface area contributed by atoms with Crippen LogP contribution in [0.4, 0.5) is 0 Å². The van der Waals surface area contributed by atoms with Crippen molar-refractivity contribution in [2.45, 2.75) is 18.9 Å². The highest BCUT2D eigenvalue weighted by Crippen LogP contribution is 2.22. The Bertz CT molecular complexity index is 573. The number of nitrogens with one attached hydrogen (secondary N) is 1. The summed E-state index contributed by atoms with van der Waals surface area (Å²) in [5.74, 6) is 0.193. The third kappa shape index (κ3) is 3.46. The van der Waals surface area contributed by atoms with E-state index in [2.05, 4.69) is 15.3 Å². The van der Waals surface area contributed by atoms with Crippen molar-refractivity contribution in [3.63, 3.8) is 0 Å². The van der Waals surface area contributed by atoms with Crippen LogP contribution in [0.15, 0.2) is 35.4 Å². The fourth-order valence-corrected chi connectivity index (χ4v) is 3.21. The van der Waals surface area contributed by atoms with Crippen LogP contribution in [-0.2, 0) is 11.2 Å². The lowest BCUT2D eigenvalue weighted by Gasteiger charge is -2.36. The van der Waals surface area contributed by atoms with Gasteiger partial charge in [-0.1, -0.05) is 6.07 Å². The molecule has 0 spiro atoms. The zero-order valence-corrected chi connectivity index (χ0v) is 12.6. The zero-order chi connectivity index (χ0) is 14.5. The normalized spacial score (nSPS) is 18.7. The maximum Gasteiger partial charge on any atom is 0.223 e. The van der Waals surface area contributed by atoms with Gasteiger partial charge in [0.2, 0.25) is 5.91 Å². The molecule has 0 saturated carbocycles. The van der Waals surface area contributed by atoms with Crippen molar-refractivity contribution >= 4 is 17.2 Å². The van der Waals surface area contributed by atoms with E-state index in [9.17, 15) is 4.79 Å². The molecule has 1 saturated heterocycles. The summed E-state index contributed by atoms with van der Waals surface area (Å²) >= 11 is 1.57. The molecule has 1 aliphatic rings. The van der Waals surface area contributed by atoms with Crippen molar-refractivity contribution in [3.8, 4) is 0 Å². The second-order valence-electron chi connectivity index (χ2n) is 5.07. The molecule has 3 rings (SSSR count). The number of hydrogen-bond donors (Lipinski definition) is 1. The summed E-state index contributed by atoms with van der Waals surface area (Å²) in [6, 6.07) is 4.03. The molecule has 1 N–H and O–H groups in total. The molecule has 1 unspecified atom stereocenters. The predicted molar refractivity (Wildman–Crippen MR) is 82.0 cm³/mol. The lowest BCUT2D eigenvalue weighted by atomic mass is 10.0. The van der Waals surface area contributed by atoms with Crippen molar-refractivity contribution in [2.75, 3.05) is 19.6 Å². The minimum Gasteiger partial charge on any atom is -0.333 e. The van der Waals surface area contributed by atoms with Crippen LogP contribution in [0, 0.1) is 0 Å². The molecule has 1 amide bonds. The van der Waals surface area contributed by atoms with Gasteiger partial charge in [-0.05, 0) is 18.1 Å². The van der Waals surface area contributed by atoms with Crippen LogP contribution < -0.4 is 5.32 Å². The molecule has 3 heterocycles. The minimum absolute atomic E-state index is 0.0791. The van der Waals surface area contributed by atoms with E-state index in [4.69, 9.17) is 0 Å². The van der Waals surface area contributed by atoms with Crippen molar-refractivity contribution < 1.29 is 4.79 Å². The van der Waals surface area contributed by atoms with Gasteiger partial charge in [-0.3, -0.25) is 9.78 Å². The Morgan fingerprint density at radius 1 is 1.52 bits per heavy atom. The van der Waals surface area contributed by atoms with Crippen LogP contribution in [-0.4, -0.2) is 40.4 Å². The fraction of sp³-hybridized carbons (Fsp3) is 0.400. The number of hydrogen-bond acceptors (Lipinski definition) is 5. The summed E-state index contributed by atoms with van der Waals surface area (Å²) in [5, 5.41) is 5.36. The van der Waals surface area contributed by atoms with E-state index in [1.165, 1.54) is 0 Å². The summed E-state index contributed by atoms with van der Waals surface area (Å²) in [4.78, 5) is 22.9. The fourth-order valence-electron chi connectivity index (χ4n) is 2.61. The Labute approximate surface area is 128 Å². The predicted octanol–water partition coefficient (Wildman–Crippen LogP) is 1.64. The van der Waals surface area contributed by atoms with Crippen LogP contribution in [0.25, 0.3) is 0 Å². The van der Waals surface area contributed by atoms with Gasteiger partial charge in [0.1, 0.15) is 0 Å². The first-order chi connectivity index (χ1) is 10.3. The van der Waals surface area contributed by atoms with Gasteiger partial charge >= 0.3 is 0 Å². The van der Waals surface area contributed by atoms with Gasteiger partial charge in [0.15, 0.2) is 0 Å². The largest absolute Gasteiger partial charge is 0.333 e. The van der Waals surface area contributed by atoms with Crippen molar-refractivity contribution in [1.82, 2.24) is 20.2 Å². The molecule has 0 radical (unpaired) electrons. The monoisotopic (exact) mass is 302 g/mol. The summed E-state index contributed by atoms with van der Waals surface area (Å²) in [7, 11) is 0. The summed E-state index contributed by atoms with van der Waals surface area (Å²) in [6.45, 7) is 2.38. The highest BCUT2D eigenvalue weighted by atomic mass is 32.1. The van der Waals surface area contributed by atoms with Gasteiger partial charge < -0.3 is 10.2 Å². The Morgan fingerprint density at radius 2 is 2.48 bits per heavy atom. The Morgan fingerprint density at radius 3 is 3.24 bits per heavy atom. The summed E-state index contributed by atoms with van der Waals surface area (Å²) < 4.78 is 0. The molecule has 5 nitrogen and oxygen atoms in total. The number of carbonyl (C=O) groups excluding carboxylic acids is 1. The number of thiazole rings is 1. The SMILES string of the molecule is O=C(CCc1cscn1)N1CCNCC1c1cccnc1. The van der Waals surface area contributed by atoms with E-state index in [-0.39, 0.29) is 11.9 Å². The van der Waals surface area contributed by atoms with E-state index in [1.807, 2.05) is 34.1 Å². The van der Waals surface area contributed by atoms with Crippen molar-refractivity contribution in [2.24, 2.45) is 0 Å². The Balaban J connectivity index is 1.67. The molecular weight excluding hydrogens is 284 g/mol. The minimum atomic E-state index is 0.0791. The zero-order valence-electron chi connectivity index (χ0n) is 11.7. The average Bonchev–Trinajstić information content (AvgIpc) is 3.07. The smallest absolute Gasteiger partial charge is 0.223 e. The molecule has 2 aromatic heterocycles. The maximum atomic E-state index is 12.5. The third-order valence-corrected chi connectivity index (χ3v) is 4.35. The number of carbonyl (C=O) groups is 1. The van der Waals surface area contributed by atoms with Gasteiger partial charge in [-0.25, -0.2) is 4.98 Å². The molecule has 0 bridgehead atoms. The third-order valence-electron chi connectivity index (χ3n) is 3.71. The number of rotatable bonds is 4. The lowest BCUT2D eigenvalue weighted by molar-refractivity contribution is -0.134. The van der Waals surface area contributed by atoms with Gasteiger partial charge in [-0.15, -0.1) is 11.3 Å². The van der Waals surface area contributed by atoms with Crippen LogP contribution in [0.1, 0.15) is 23.7 Å². The molecule has 21 heavy (non-hydrogen) atoms. The molecule has 0 aromatic carbocycles. The molecule has 2 aromatic rings. The van der Waals surface area contributed by atoms with E-state index in [0.717, 1.165) is 30.9 Å². The van der Waals surface area contributed by atoms with Gasteiger partial charge in [-0.2, -0.15) is 0 Å². The van der Waals surface area contributed by atoms with Crippen LogP contribution in [0.2, 0.25) is 0 Å². The van der Waals surface area contributed by atoms with E-state index in [0.29, 0.717) is 12.8 Å². The molecule has 1 atom stereocenters. The Kier molecular flexibility index (Phi) is 4.57. The number of amides is 1. The topological polar surface area (TPSA) is 58.1 Å². The number of aryl methyl sites for hydroxylation is 1. The Hall–Kier alpha value is -1.79. The quantitative estimate of drug-likeness (QED) is 0.933. The van der Waals surface area contributed by atoms with Gasteiger partial charge in [0.05, 0.1) is 17.2 Å². The first kappa shape index (κ1) is 14.2. The highest BCUT2D eigenvalue weighted by Gasteiger charge is 2.27. The van der Waals surface area contributed by atoms with Crippen molar-refractivity contribution in [1.29, 1.82) is 0 Å². The van der Waals surface area contributed by atoms with Crippen LogP contribution in [0.5, 0.6) is 0 Å². The van der Waals surface area contributed by atoms with E-state index in [1.54, 1.807) is 17.5 Å². The standard InChI is InChI=1S/C15H18N4OS/c20-15(4-3-13-10-21-11-18-13)19-7-6-17-9-14(19)12-2-1-5-16-8-12/h1-2,5,8,10-11,14,17H,3-4,6-7,9H2. The van der Waals surface area contributed by atoms with E-state index < -0.39 is 0 Å². The second kappa shape index (κ2) is 6.78.